The normalized spacial score (nSPS) is 10.6. The van der Waals surface area contributed by atoms with Crippen LogP contribution in [0, 0.1) is 29.9 Å². The maximum absolute atomic E-state index is 11.0. The van der Waals surface area contributed by atoms with Crippen LogP contribution in [0.3, 0.4) is 0 Å². The van der Waals surface area contributed by atoms with Gasteiger partial charge in [0.05, 0.1) is 4.92 Å². The molecule has 1 rings (SSSR count). The molecule has 0 saturated carbocycles. The van der Waals surface area contributed by atoms with E-state index >= 15 is 0 Å². The number of nitro benzene ring substituents is 1. The van der Waals surface area contributed by atoms with E-state index in [4.69, 9.17) is 0 Å². The van der Waals surface area contributed by atoms with Crippen molar-refractivity contribution in [1.29, 1.82) is 0 Å². The Morgan fingerprint density at radius 1 is 1.38 bits per heavy atom. The summed E-state index contributed by atoms with van der Waals surface area (Å²) >= 11 is 0. The summed E-state index contributed by atoms with van der Waals surface area (Å²) < 4.78 is 0. The molecule has 0 spiro atoms. The van der Waals surface area contributed by atoms with Gasteiger partial charge in [0.1, 0.15) is 5.69 Å². The van der Waals surface area contributed by atoms with Crippen molar-refractivity contribution < 1.29 is 4.92 Å². The first-order valence-corrected chi connectivity index (χ1v) is 5.41. The second kappa shape index (κ2) is 4.96. The number of hydrogen-bond acceptors (Lipinski definition) is 3. The fourth-order valence-electron chi connectivity index (χ4n) is 1.65. The molecule has 1 N–H and O–H groups in total. The van der Waals surface area contributed by atoms with E-state index in [9.17, 15) is 10.1 Å². The number of nitrogens with one attached hydrogen (secondary N) is 1. The predicted molar refractivity (Wildman–Crippen MR) is 65.9 cm³/mol. The zero-order valence-corrected chi connectivity index (χ0v) is 10.2. The van der Waals surface area contributed by atoms with Crippen LogP contribution in [0.25, 0.3) is 0 Å². The van der Waals surface area contributed by atoms with Crippen LogP contribution >= 0.6 is 0 Å². The van der Waals surface area contributed by atoms with E-state index in [0.717, 1.165) is 12.1 Å². The van der Waals surface area contributed by atoms with Crippen LogP contribution in [0.15, 0.2) is 12.1 Å². The first-order chi connectivity index (χ1) is 7.41. The highest BCUT2D eigenvalue weighted by Crippen LogP contribution is 2.29. The molecular formula is C12H18N2O2. The number of benzene rings is 1. The van der Waals surface area contributed by atoms with Gasteiger partial charge in [0.25, 0.3) is 5.69 Å². The van der Waals surface area contributed by atoms with Crippen LogP contribution < -0.4 is 5.32 Å². The number of nitrogens with zero attached hydrogens (tertiary/aromatic N) is 1. The molecule has 0 radical (unpaired) electrons. The molecule has 0 fully saturated rings. The summed E-state index contributed by atoms with van der Waals surface area (Å²) in [5.74, 6) is 0.459. The van der Waals surface area contributed by atoms with Crippen molar-refractivity contribution in [3.63, 3.8) is 0 Å². The smallest absolute Gasteiger partial charge is 0.295 e. The first kappa shape index (κ1) is 12.5. The second-order valence-electron chi connectivity index (χ2n) is 4.51. The van der Waals surface area contributed by atoms with Crippen molar-refractivity contribution in [2.24, 2.45) is 5.92 Å². The third-order valence-electron chi connectivity index (χ3n) is 2.33. The van der Waals surface area contributed by atoms with Gasteiger partial charge >= 0.3 is 0 Å². The van der Waals surface area contributed by atoms with Crippen molar-refractivity contribution in [1.82, 2.24) is 0 Å². The molecule has 0 aliphatic rings. The lowest BCUT2D eigenvalue weighted by Gasteiger charge is -2.11. The van der Waals surface area contributed by atoms with Crippen LogP contribution in [0.4, 0.5) is 11.4 Å². The molecule has 0 amide bonds. The Morgan fingerprint density at radius 2 is 2.00 bits per heavy atom. The van der Waals surface area contributed by atoms with Gasteiger partial charge in [0, 0.05) is 12.1 Å². The van der Waals surface area contributed by atoms with E-state index in [1.54, 1.807) is 6.92 Å². The van der Waals surface area contributed by atoms with Gasteiger partial charge in [-0.05, 0) is 37.5 Å². The maximum Gasteiger partial charge on any atom is 0.295 e. The van der Waals surface area contributed by atoms with Gasteiger partial charge in [0.15, 0.2) is 0 Å². The average Bonchev–Trinajstić information content (AvgIpc) is 2.12. The Balaban J connectivity index is 3.09. The Hall–Kier alpha value is -1.58. The van der Waals surface area contributed by atoms with Crippen molar-refractivity contribution in [2.45, 2.75) is 27.7 Å². The molecule has 0 bridgehead atoms. The number of anilines is 1. The largest absolute Gasteiger partial charge is 0.379 e. The van der Waals surface area contributed by atoms with E-state index < -0.39 is 0 Å². The maximum atomic E-state index is 11.0. The Kier molecular flexibility index (Phi) is 3.88. The molecule has 0 aliphatic heterocycles. The molecule has 1 aromatic rings. The van der Waals surface area contributed by atoms with Crippen LogP contribution in [-0.2, 0) is 0 Å². The van der Waals surface area contributed by atoms with Gasteiger partial charge in [-0.2, -0.15) is 0 Å². The number of aryl methyl sites for hydroxylation is 2. The molecule has 0 saturated heterocycles. The predicted octanol–water partition coefficient (Wildman–Crippen LogP) is 3.28. The van der Waals surface area contributed by atoms with E-state index in [1.807, 2.05) is 19.1 Å². The Morgan fingerprint density at radius 3 is 2.50 bits per heavy atom. The van der Waals surface area contributed by atoms with E-state index in [2.05, 4.69) is 19.2 Å². The summed E-state index contributed by atoms with van der Waals surface area (Å²) in [6, 6.07) is 3.66. The van der Waals surface area contributed by atoms with Crippen LogP contribution in [0.5, 0.6) is 0 Å². The van der Waals surface area contributed by atoms with E-state index in [-0.39, 0.29) is 10.6 Å². The lowest BCUT2D eigenvalue weighted by Crippen LogP contribution is -2.10. The molecular weight excluding hydrogens is 204 g/mol. The fourth-order valence-corrected chi connectivity index (χ4v) is 1.65. The zero-order chi connectivity index (χ0) is 12.3. The number of hydrogen-bond donors (Lipinski definition) is 1. The monoisotopic (exact) mass is 222 g/mol. The van der Waals surface area contributed by atoms with Gasteiger partial charge in [-0.1, -0.05) is 13.8 Å². The van der Waals surface area contributed by atoms with Crippen molar-refractivity contribution >= 4 is 11.4 Å². The van der Waals surface area contributed by atoms with Gasteiger partial charge in [0.2, 0.25) is 0 Å². The highest BCUT2D eigenvalue weighted by Gasteiger charge is 2.17. The minimum atomic E-state index is -0.322. The van der Waals surface area contributed by atoms with Gasteiger partial charge in [-0.3, -0.25) is 10.1 Å². The lowest BCUT2D eigenvalue weighted by atomic mass is 10.1. The Labute approximate surface area is 95.8 Å². The molecule has 1 aromatic carbocycles. The van der Waals surface area contributed by atoms with Gasteiger partial charge in [-0.25, -0.2) is 0 Å². The van der Waals surface area contributed by atoms with Crippen LogP contribution in [0.1, 0.15) is 25.0 Å². The molecule has 0 aliphatic carbocycles. The summed E-state index contributed by atoms with van der Waals surface area (Å²) in [4.78, 5) is 10.6. The molecule has 0 unspecified atom stereocenters. The molecule has 4 nitrogen and oxygen atoms in total. The van der Waals surface area contributed by atoms with Crippen LogP contribution in [-0.4, -0.2) is 11.5 Å². The summed E-state index contributed by atoms with van der Waals surface area (Å²) in [5, 5.41) is 14.1. The summed E-state index contributed by atoms with van der Waals surface area (Å²) in [6.07, 6.45) is 0. The van der Waals surface area contributed by atoms with Crippen molar-refractivity contribution in [3.8, 4) is 0 Å². The fraction of sp³-hybridized carbons (Fsp3) is 0.500. The summed E-state index contributed by atoms with van der Waals surface area (Å²) in [6.45, 7) is 8.59. The summed E-state index contributed by atoms with van der Waals surface area (Å²) in [7, 11) is 0. The quantitative estimate of drug-likeness (QED) is 0.628. The minimum Gasteiger partial charge on any atom is -0.379 e. The average molecular weight is 222 g/mol. The zero-order valence-electron chi connectivity index (χ0n) is 10.2. The number of rotatable bonds is 4. The third-order valence-corrected chi connectivity index (χ3v) is 2.33. The molecule has 4 heteroatoms. The molecule has 16 heavy (non-hydrogen) atoms. The molecule has 0 atom stereocenters. The van der Waals surface area contributed by atoms with Gasteiger partial charge in [-0.15, -0.1) is 0 Å². The molecule has 88 valence electrons. The van der Waals surface area contributed by atoms with E-state index in [0.29, 0.717) is 17.2 Å². The Bertz CT molecular complexity index is 400. The van der Waals surface area contributed by atoms with Crippen molar-refractivity contribution in [2.75, 3.05) is 11.9 Å². The highest BCUT2D eigenvalue weighted by molar-refractivity contribution is 5.66. The topological polar surface area (TPSA) is 55.2 Å². The standard InChI is InChI=1S/C12H18N2O2/c1-8(2)7-13-11-6-9(3)5-10(4)12(11)14(15)16/h5-6,8,13H,7H2,1-4H3. The molecule has 0 aromatic heterocycles. The summed E-state index contributed by atoms with van der Waals surface area (Å²) in [5.41, 5.74) is 2.55. The third kappa shape index (κ3) is 2.95. The van der Waals surface area contributed by atoms with Crippen molar-refractivity contribution in [3.05, 3.63) is 33.4 Å². The SMILES string of the molecule is Cc1cc(C)c([N+](=O)[O-])c(NCC(C)C)c1. The van der Waals surface area contributed by atoms with E-state index in [1.165, 1.54) is 0 Å². The minimum absolute atomic E-state index is 0.186. The first-order valence-electron chi connectivity index (χ1n) is 5.41. The second-order valence-corrected chi connectivity index (χ2v) is 4.51. The lowest BCUT2D eigenvalue weighted by molar-refractivity contribution is -0.384. The van der Waals surface area contributed by atoms with Gasteiger partial charge < -0.3 is 5.32 Å². The van der Waals surface area contributed by atoms with Crippen LogP contribution in [0.2, 0.25) is 0 Å². The highest BCUT2D eigenvalue weighted by atomic mass is 16.6. The number of nitro groups is 1. The molecule has 0 heterocycles.